The molecule has 84 heavy (non-hydrogen) atoms. The molecule has 0 aliphatic rings. The second-order valence-corrected chi connectivity index (χ2v) is 23.9. The first-order valence-electron chi connectivity index (χ1n) is 29.5. The molecule has 0 fully saturated rings. The Morgan fingerprint density at radius 2 is 0.869 bits per heavy atom. The average Bonchev–Trinajstić information content (AvgIpc) is 1.77. The van der Waals surface area contributed by atoms with Crippen LogP contribution in [0.2, 0.25) is 0 Å². The number of hydrogen-bond donors (Lipinski definition) is 0. The van der Waals surface area contributed by atoms with Crippen LogP contribution in [0.1, 0.15) is 118 Å². The van der Waals surface area contributed by atoms with E-state index in [0.717, 1.165) is 94.7 Å². The van der Waals surface area contributed by atoms with E-state index in [4.69, 9.17) is 33.5 Å². The molecule has 0 spiro atoms. The molecule has 0 saturated carbocycles. The van der Waals surface area contributed by atoms with Crippen LogP contribution in [0.15, 0.2) is 185 Å². The van der Waals surface area contributed by atoms with E-state index in [9.17, 15) is 0 Å². The number of pyridine rings is 2. The molecule has 414 valence electrons. The zero-order valence-electron chi connectivity index (χ0n) is 49.5. The van der Waals surface area contributed by atoms with E-state index < -0.39 is 0 Å². The van der Waals surface area contributed by atoms with E-state index in [1.807, 2.05) is 26.8 Å². The molecule has 0 saturated heterocycles. The smallest absolute Gasteiger partial charge is 0.228 e. The number of aryl methyl sites for hydroxylation is 3. The van der Waals surface area contributed by atoms with Crippen molar-refractivity contribution in [2.45, 2.75) is 99.8 Å². The van der Waals surface area contributed by atoms with Gasteiger partial charge in [0.25, 0.3) is 0 Å². The number of benzene rings is 8. The number of imidazole rings is 2. The van der Waals surface area contributed by atoms with Crippen molar-refractivity contribution in [3.8, 4) is 67.9 Å². The third kappa shape index (κ3) is 8.66. The van der Waals surface area contributed by atoms with Gasteiger partial charge in [-0.05, 0) is 168 Å². The Hall–Kier alpha value is -9.60. The van der Waals surface area contributed by atoms with Crippen LogP contribution in [0.3, 0.4) is 0 Å². The van der Waals surface area contributed by atoms with E-state index in [1.165, 1.54) is 50.2 Å². The number of furan rings is 2. The summed E-state index contributed by atoms with van der Waals surface area (Å²) < 4.78 is 26.0. The maximum Gasteiger partial charge on any atom is 0.228 e. The van der Waals surface area contributed by atoms with Gasteiger partial charge in [-0.2, -0.15) is 0 Å². The maximum absolute atomic E-state index is 7.32. The molecule has 0 bridgehead atoms. The van der Waals surface area contributed by atoms with Crippen LogP contribution in [-0.4, -0.2) is 29.1 Å². The number of hydrogen-bond acceptors (Lipinski definition) is 7. The molecule has 0 aliphatic heterocycles. The highest BCUT2D eigenvalue weighted by Crippen LogP contribution is 2.48. The third-order valence-electron chi connectivity index (χ3n) is 16.7. The fourth-order valence-corrected chi connectivity index (χ4v) is 12.8. The van der Waals surface area contributed by atoms with E-state index in [2.05, 4.69) is 234 Å². The van der Waals surface area contributed by atoms with Crippen LogP contribution in [-0.2, 0) is 0 Å². The van der Waals surface area contributed by atoms with Crippen LogP contribution in [0.5, 0.6) is 11.5 Å². The standard InChI is InChI=1S/C75H66N6O3/c1-41(2)55-35-51(48-23-14-12-15-24-48)36-56(42(3)4)68(55)80-64-31-20-18-29-62(64)78-73(80)50-27-22-28-53(34-50)82-54-39-60-67-66-59-33-45(9)76-46(10)70(59)83-71(66)47(11)77-75(67)84-72(60)61(40-54)74-79-63-30-19-21-32-65(63)81(74)69-57(43(5)6)37-52(38-58(69)44(7)8)49-25-16-13-17-26-49/h12-44H,1-11H3. The Balaban J connectivity index is 1.02. The van der Waals surface area contributed by atoms with E-state index >= 15 is 0 Å². The topological polar surface area (TPSA) is 96.9 Å². The Bertz CT molecular complexity index is 4860. The average molecular weight is 1100 g/mol. The minimum absolute atomic E-state index is 0.162. The van der Waals surface area contributed by atoms with Crippen molar-refractivity contribution >= 4 is 66.1 Å². The quantitative estimate of drug-likeness (QED) is 0.120. The largest absolute Gasteiger partial charge is 0.457 e. The second kappa shape index (κ2) is 20.4. The first-order valence-corrected chi connectivity index (χ1v) is 29.5. The van der Waals surface area contributed by atoms with Crippen molar-refractivity contribution in [3.63, 3.8) is 0 Å². The lowest BCUT2D eigenvalue weighted by Gasteiger charge is -2.24. The predicted molar refractivity (Wildman–Crippen MR) is 345 cm³/mol. The molecule has 0 atom stereocenters. The van der Waals surface area contributed by atoms with Gasteiger partial charge >= 0.3 is 0 Å². The number of ether oxygens (including phenoxy) is 1. The summed E-state index contributed by atoms with van der Waals surface area (Å²) >= 11 is 0. The minimum atomic E-state index is 0.162. The zero-order chi connectivity index (χ0) is 57.8. The van der Waals surface area contributed by atoms with E-state index in [1.54, 1.807) is 0 Å². The van der Waals surface area contributed by atoms with Crippen LogP contribution in [0.25, 0.3) is 122 Å². The van der Waals surface area contributed by atoms with Crippen molar-refractivity contribution in [1.82, 2.24) is 29.1 Å². The molecule has 0 amide bonds. The molecule has 8 aromatic carbocycles. The van der Waals surface area contributed by atoms with Crippen molar-refractivity contribution in [1.29, 1.82) is 0 Å². The fraction of sp³-hybridized carbons (Fsp3) is 0.200. The van der Waals surface area contributed by atoms with Gasteiger partial charge in [0.1, 0.15) is 28.7 Å². The molecule has 0 N–H and O–H groups in total. The summed E-state index contributed by atoms with van der Waals surface area (Å²) in [6, 6.07) is 62.5. The number of nitrogens with zero attached hydrogens (tertiary/aromatic N) is 6. The summed E-state index contributed by atoms with van der Waals surface area (Å²) in [6.07, 6.45) is 0. The van der Waals surface area contributed by atoms with Crippen molar-refractivity contribution in [3.05, 3.63) is 215 Å². The highest BCUT2D eigenvalue weighted by molar-refractivity contribution is 6.26. The molecule has 6 heterocycles. The fourth-order valence-electron chi connectivity index (χ4n) is 12.8. The first kappa shape index (κ1) is 52.5. The Kier molecular flexibility index (Phi) is 12.7. The van der Waals surface area contributed by atoms with Gasteiger partial charge in [0.15, 0.2) is 11.2 Å². The Labute approximate surface area is 489 Å². The zero-order valence-corrected chi connectivity index (χ0v) is 49.5. The lowest BCUT2D eigenvalue weighted by Crippen LogP contribution is -2.09. The van der Waals surface area contributed by atoms with Gasteiger partial charge in [-0.1, -0.05) is 152 Å². The second-order valence-electron chi connectivity index (χ2n) is 23.9. The van der Waals surface area contributed by atoms with Gasteiger partial charge in [-0.25, -0.2) is 15.0 Å². The number of fused-ring (bicyclic) bond motifs is 9. The summed E-state index contributed by atoms with van der Waals surface area (Å²) in [5.74, 6) is 3.57. The van der Waals surface area contributed by atoms with Crippen LogP contribution >= 0.6 is 0 Å². The van der Waals surface area contributed by atoms with Crippen LogP contribution < -0.4 is 4.74 Å². The van der Waals surface area contributed by atoms with Crippen molar-refractivity contribution < 1.29 is 13.6 Å². The molecular formula is C75H66N6O3. The molecule has 0 unspecified atom stereocenters. The van der Waals surface area contributed by atoms with Crippen molar-refractivity contribution in [2.75, 3.05) is 0 Å². The van der Waals surface area contributed by atoms with E-state index in [0.29, 0.717) is 28.4 Å². The molecule has 0 aliphatic carbocycles. The van der Waals surface area contributed by atoms with Crippen molar-refractivity contribution in [2.24, 2.45) is 0 Å². The van der Waals surface area contributed by atoms with Gasteiger partial charge in [0, 0.05) is 27.4 Å². The normalized spacial score (nSPS) is 12.2. The summed E-state index contributed by atoms with van der Waals surface area (Å²) in [7, 11) is 0. The molecule has 9 nitrogen and oxygen atoms in total. The lowest BCUT2D eigenvalue weighted by molar-refractivity contribution is 0.483. The number of rotatable bonds is 12. The molecule has 14 rings (SSSR count). The van der Waals surface area contributed by atoms with Gasteiger partial charge in [0.05, 0.1) is 55.8 Å². The molecule has 14 aromatic rings. The van der Waals surface area contributed by atoms with Gasteiger partial charge in [-0.15, -0.1) is 0 Å². The molecule has 0 radical (unpaired) electrons. The summed E-state index contributed by atoms with van der Waals surface area (Å²) in [4.78, 5) is 21.1. The minimum Gasteiger partial charge on any atom is -0.457 e. The van der Waals surface area contributed by atoms with E-state index in [-0.39, 0.29) is 23.7 Å². The summed E-state index contributed by atoms with van der Waals surface area (Å²) in [6.45, 7) is 24.3. The molecule has 9 heteroatoms. The van der Waals surface area contributed by atoms with Gasteiger partial charge in [0.2, 0.25) is 5.71 Å². The first-order chi connectivity index (χ1) is 40.7. The highest BCUT2D eigenvalue weighted by Gasteiger charge is 2.30. The number of aromatic nitrogens is 6. The van der Waals surface area contributed by atoms with Crippen LogP contribution in [0.4, 0.5) is 0 Å². The van der Waals surface area contributed by atoms with Gasteiger partial charge < -0.3 is 13.6 Å². The lowest BCUT2D eigenvalue weighted by atomic mass is 9.88. The maximum atomic E-state index is 7.32. The Morgan fingerprint density at radius 1 is 0.381 bits per heavy atom. The summed E-state index contributed by atoms with van der Waals surface area (Å²) in [5.41, 5.74) is 22.5. The highest BCUT2D eigenvalue weighted by atomic mass is 16.5. The monoisotopic (exact) mass is 1100 g/mol. The number of para-hydroxylation sites is 4. The SMILES string of the molecule is Cc1cc2c(oc3c(C)nc4oc5c(-c6nc7ccccc7n6-c6c(C(C)C)cc(-c7ccccc7)cc6C(C)C)cc(Oc6cccc(-c7nc8ccccc8n7-c7c(C(C)C)cc(-c8ccccc8)cc7C(C)C)c6)cc5c4c32)c(C)n1. The Morgan fingerprint density at radius 3 is 1.43 bits per heavy atom. The molecular weight excluding hydrogens is 1030 g/mol. The van der Waals surface area contributed by atoms with Crippen LogP contribution in [0, 0.1) is 20.8 Å². The third-order valence-corrected chi connectivity index (χ3v) is 16.7. The van der Waals surface area contributed by atoms with Gasteiger partial charge in [-0.3, -0.25) is 14.1 Å². The molecule has 6 aromatic heterocycles. The predicted octanol–water partition coefficient (Wildman–Crippen LogP) is 20.8. The summed E-state index contributed by atoms with van der Waals surface area (Å²) in [5, 5.41) is 3.55.